The van der Waals surface area contributed by atoms with Crippen molar-refractivity contribution in [2.24, 2.45) is 5.73 Å². The molecule has 1 atom stereocenters. The smallest absolute Gasteiger partial charge is 0.176 e. The van der Waals surface area contributed by atoms with Crippen molar-refractivity contribution in [1.82, 2.24) is 0 Å². The highest BCUT2D eigenvalue weighted by Crippen LogP contribution is 2.25. The predicted molar refractivity (Wildman–Crippen MR) is 58.6 cm³/mol. The second-order valence-electron chi connectivity index (χ2n) is 3.21. The van der Waals surface area contributed by atoms with Crippen LogP contribution in [0.3, 0.4) is 0 Å². The van der Waals surface area contributed by atoms with Gasteiger partial charge in [-0.25, -0.2) is 8.42 Å². The Morgan fingerprint density at radius 2 is 2.13 bits per heavy atom. The van der Waals surface area contributed by atoms with Crippen molar-refractivity contribution < 1.29 is 13.5 Å². The molecule has 0 aromatic heterocycles. The molecule has 0 heterocycles. The van der Waals surface area contributed by atoms with Crippen molar-refractivity contribution in [3.8, 4) is 0 Å². The Morgan fingerprint density at radius 3 is 2.53 bits per heavy atom. The van der Waals surface area contributed by atoms with Gasteiger partial charge in [0.15, 0.2) is 9.84 Å². The average Bonchev–Trinajstić information content (AvgIpc) is 2.14. The molecule has 0 aliphatic heterocycles. The van der Waals surface area contributed by atoms with E-state index in [1.807, 2.05) is 0 Å². The lowest BCUT2D eigenvalue weighted by atomic mass is 10.1. The molecule has 15 heavy (non-hydrogen) atoms. The number of rotatable bonds is 3. The lowest BCUT2D eigenvalue weighted by Crippen LogP contribution is -2.11. The summed E-state index contributed by atoms with van der Waals surface area (Å²) in [5.41, 5.74) is 5.78. The molecule has 0 amide bonds. The molecule has 0 fully saturated rings. The third-order valence-electron chi connectivity index (χ3n) is 1.96. The SMILES string of the molecule is CS(=O)(=O)c1ccc(C(O)CN)cc1Cl. The highest BCUT2D eigenvalue weighted by Gasteiger charge is 2.14. The van der Waals surface area contributed by atoms with Crippen LogP contribution in [0.2, 0.25) is 5.02 Å². The zero-order chi connectivity index (χ0) is 11.6. The molecule has 0 aliphatic carbocycles. The Morgan fingerprint density at radius 1 is 1.53 bits per heavy atom. The number of halogens is 1. The molecule has 1 aromatic rings. The first-order valence-corrected chi connectivity index (χ1v) is 6.51. The summed E-state index contributed by atoms with van der Waals surface area (Å²) in [7, 11) is -3.33. The predicted octanol–water partition coefficient (Wildman–Crippen LogP) is 0.736. The molecule has 1 unspecified atom stereocenters. The Hall–Kier alpha value is -0.620. The zero-order valence-corrected chi connectivity index (χ0v) is 9.72. The third-order valence-corrected chi connectivity index (χ3v) is 3.54. The monoisotopic (exact) mass is 249 g/mol. The van der Waals surface area contributed by atoms with Crippen LogP contribution < -0.4 is 5.73 Å². The van der Waals surface area contributed by atoms with E-state index >= 15 is 0 Å². The highest BCUT2D eigenvalue weighted by atomic mass is 35.5. The van der Waals surface area contributed by atoms with Crippen LogP contribution >= 0.6 is 11.6 Å². The molecular weight excluding hydrogens is 238 g/mol. The van der Waals surface area contributed by atoms with E-state index in [0.29, 0.717) is 5.56 Å². The van der Waals surface area contributed by atoms with Crippen molar-refractivity contribution in [1.29, 1.82) is 0 Å². The fourth-order valence-corrected chi connectivity index (χ4v) is 2.50. The second-order valence-corrected chi connectivity index (χ2v) is 5.60. The Labute approximate surface area is 93.6 Å². The van der Waals surface area contributed by atoms with Crippen LogP contribution in [0.4, 0.5) is 0 Å². The summed E-state index contributed by atoms with van der Waals surface area (Å²) >= 11 is 5.78. The molecule has 1 rings (SSSR count). The van der Waals surface area contributed by atoms with Crippen LogP contribution in [0.15, 0.2) is 23.1 Å². The summed E-state index contributed by atoms with van der Waals surface area (Å²) < 4.78 is 22.5. The van der Waals surface area contributed by atoms with Gasteiger partial charge in [0.25, 0.3) is 0 Å². The van der Waals surface area contributed by atoms with Gasteiger partial charge in [0.2, 0.25) is 0 Å². The molecule has 0 saturated carbocycles. The van der Waals surface area contributed by atoms with Gasteiger partial charge < -0.3 is 10.8 Å². The van der Waals surface area contributed by atoms with Crippen LogP contribution in [-0.2, 0) is 9.84 Å². The van der Waals surface area contributed by atoms with Crippen molar-refractivity contribution in [2.45, 2.75) is 11.0 Å². The number of nitrogens with two attached hydrogens (primary N) is 1. The van der Waals surface area contributed by atoms with E-state index in [4.69, 9.17) is 17.3 Å². The largest absolute Gasteiger partial charge is 0.387 e. The van der Waals surface area contributed by atoms with Gasteiger partial charge in [0.1, 0.15) is 0 Å². The van der Waals surface area contributed by atoms with Crippen LogP contribution in [0, 0.1) is 0 Å². The normalized spacial score (nSPS) is 13.9. The van der Waals surface area contributed by atoms with Crippen molar-refractivity contribution in [3.05, 3.63) is 28.8 Å². The van der Waals surface area contributed by atoms with Gasteiger partial charge in [-0.1, -0.05) is 17.7 Å². The Kier molecular flexibility index (Phi) is 3.72. The number of aliphatic hydroxyl groups excluding tert-OH is 1. The lowest BCUT2D eigenvalue weighted by molar-refractivity contribution is 0.186. The van der Waals surface area contributed by atoms with Gasteiger partial charge in [0, 0.05) is 12.8 Å². The molecule has 4 nitrogen and oxygen atoms in total. The maximum atomic E-state index is 11.2. The molecule has 84 valence electrons. The fraction of sp³-hybridized carbons (Fsp3) is 0.333. The van der Waals surface area contributed by atoms with Gasteiger partial charge in [-0.15, -0.1) is 0 Å². The van der Waals surface area contributed by atoms with E-state index < -0.39 is 15.9 Å². The van der Waals surface area contributed by atoms with E-state index in [1.54, 1.807) is 0 Å². The number of benzene rings is 1. The zero-order valence-electron chi connectivity index (χ0n) is 8.14. The molecule has 6 heteroatoms. The molecule has 0 aliphatic rings. The van der Waals surface area contributed by atoms with E-state index in [2.05, 4.69) is 0 Å². The van der Waals surface area contributed by atoms with Crippen molar-refractivity contribution in [3.63, 3.8) is 0 Å². The van der Waals surface area contributed by atoms with E-state index in [-0.39, 0.29) is 16.5 Å². The third kappa shape index (κ3) is 2.92. The molecular formula is C9H12ClNO3S. The summed E-state index contributed by atoms with van der Waals surface area (Å²) in [4.78, 5) is 0.0529. The molecule has 0 radical (unpaired) electrons. The summed E-state index contributed by atoms with van der Waals surface area (Å²) in [5, 5.41) is 9.51. The summed E-state index contributed by atoms with van der Waals surface area (Å²) in [5.74, 6) is 0. The lowest BCUT2D eigenvalue weighted by Gasteiger charge is -2.09. The fourth-order valence-electron chi connectivity index (χ4n) is 1.16. The molecule has 0 saturated heterocycles. The first-order chi connectivity index (χ1) is 6.86. The van der Waals surface area contributed by atoms with Crippen molar-refractivity contribution >= 4 is 21.4 Å². The number of sulfone groups is 1. The molecule has 3 N–H and O–H groups in total. The Balaban J connectivity index is 3.21. The number of hydrogen-bond acceptors (Lipinski definition) is 4. The standard InChI is InChI=1S/C9H12ClNO3S/c1-15(13,14)9-3-2-6(4-7(9)10)8(12)5-11/h2-4,8,12H,5,11H2,1H3. The van der Waals surface area contributed by atoms with E-state index in [0.717, 1.165) is 6.26 Å². The number of hydrogen-bond donors (Lipinski definition) is 2. The molecule has 0 bridgehead atoms. The van der Waals surface area contributed by atoms with E-state index in [9.17, 15) is 13.5 Å². The summed E-state index contributed by atoms with van der Waals surface area (Å²) in [6, 6.07) is 4.28. The minimum atomic E-state index is -3.33. The molecule has 1 aromatic carbocycles. The molecule has 0 spiro atoms. The van der Waals surface area contributed by atoms with Gasteiger partial charge in [-0.05, 0) is 17.7 Å². The summed E-state index contributed by atoms with van der Waals surface area (Å²) in [6.45, 7) is 0.0640. The minimum Gasteiger partial charge on any atom is -0.387 e. The van der Waals surface area contributed by atoms with Gasteiger partial charge in [-0.2, -0.15) is 0 Å². The maximum Gasteiger partial charge on any atom is 0.176 e. The first-order valence-electron chi connectivity index (χ1n) is 4.24. The van der Waals surface area contributed by atoms with Crippen LogP contribution in [-0.4, -0.2) is 26.3 Å². The topological polar surface area (TPSA) is 80.4 Å². The first kappa shape index (κ1) is 12.4. The van der Waals surface area contributed by atoms with Gasteiger partial charge >= 0.3 is 0 Å². The van der Waals surface area contributed by atoms with Gasteiger partial charge in [0.05, 0.1) is 16.0 Å². The maximum absolute atomic E-state index is 11.2. The minimum absolute atomic E-state index is 0.0529. The van der Waals surface area contributed by atoms with Crippen LogP contribution in [0.25, 0.3) is 0 Å². The van der Waals surface area contributed by atoms with Crippen LogP contribution in [0.5, 0.6) is 0 Å². The van der Waals surface area contributed by atoms with Crippen LogP contribution in [0.1, 0.15) is 11.7 Å². The van der Waals surface area contributed by atoms with Gasteiger partial charge in [-0.3, -0.25) is 0 Å². The van der Waals surface area contributed by atoms with Crippen molar-refractivity contribution in [2.75, 3.05) is 12.8 Å². The average molecular weight is 250 g/mol. The highest BCUT2D eigenvalue weighted by molar-refractivity contribution is 7.90. The Bertz CT molecular complexity index is 458. The second kappa shape index (κ2) is 4.49. The summed E-state index contributed by atoms with van der Waals surface area (Å²) in [6.07, 6.45) is 0.254. The number of aliphatic hydroxyl groups is 1. The quantitative estimate of drug-likeness (QED) is 0.828. The van der Waals surface area contributed by atoms with E-state index in [1.165, 1.54) is 18.2 Å².